The van der Waals surface area contributed by atoms with E-state index in [0.29, 0.717) is 11.3 Å². The zero-order valence-electron chi connectivity index (χ0n) is 13.5. The van der Waals surface area contributed by atoms with Gasteiger partial charge in [-0.05, 0) is 19.1 Å². The van der Waals surface area contributed by atoms with Gasteiger partial charge in [-0.1, -0.05) is 35.9 Å². The van der Waals surface area contributed by atoms with Crippen LogP contribution in [0, 0.1) is 6.92 Å². The second kappa shape index (κ2) is 6.49. The van der Waals surface area contributed by atoms with Crippen LogP contribution in [0.25, 0.3) is 16.2 Å². The molecule has 3 heterocycles. The van der Waals surface area contributed by atoms with Gasteiger partial charge in [-0.3, -0.25) is 0 Å². The highest BCUT2D eigenvalue weighted by Gasteiger charge is 2.13. The lowest BCUT2D eigenvalue weighted by Crippen LogP contribution is -2.05. The molecule has 4 rings (SSSR count). The molecule has 3 aromatic heterocycles. The first kappa shape index (κ1) is 15.5. The minimum Gasteiger partial charge on any atom is -0.454 e. The van der Waals surface area contributed by atoms with E-state index in [-0.39, 0.29) is 6.61 Å². The highest BCUT2D eigenvalue weighted by molar-refractivity contribution is 7.13. The molecule has 0 aliphatic rings. The Balaban J connectivity index is 1.44. The molecule has 6 heteroatoms. The fourth-order valence-electron chi connectivity index (χ4n) is 2.45. The lowest BCUT2D eigenvalue weighted by atomic mass is 10.2. The van der Waals surface area contributed by atoms with Gasteiger partial charge in [0.25, 0.3) is 0 Å². The summed E-state index contributed by atoms with van der Waals surface area (Å²) in [5, 5.41) is 2.82. The van der Waals surface area contributed by atoms with Crippen LogP contribution in [-0.4, -0.2) is 20.3 Å². The summed E-state index contributed by atoms with van der Waals surface area (Å²) in [5.74, 6) is -0.450. The second-order valence-electron chi connectivity index (χ2n) is 5.68. The van der Waals surface area contributed by atoms with Crippen LogP contribution in [0.4, 0.5) is 0 Å². The number of pyridine rings is 1. The van der Waals surface area contributed by atoms with Crippen molar-refractivity contribution >= 4 is 23.0 Å². The smallest absolute Gasteiger partial charge is 0.358 e. The van der Waals surface area contributed by atoms with Crippen LogP contribution in [0.1, 0.15) is 21.7 Å². The summed E-state index contributed by atoms with van der Waals surface area (Å²) in [6.45, 7) is 2.19. The number of rotatable bonds is 4. The molecule has 0 bridgehead atoms. The number of fused-ring (bicyclic) bond motifs is 1. The Bertz CT molecular complexity index is 1000. The standard InChI is InChI=1S/C19H15N3O2S/c1-13-5-7-14(8-6-13)18-20-15(12-25-18)11-24-19(23)16-10-22-9-3-2-4-17(22)21-16/h2-10,12H,11H2,1H3. The predicted octanol–water partition coefficient (Wildman–Crippen LogP) is 4.12. The van der Waals surface area contributed by atoms with Crippen molar-refractivity contribution in [2.75, 3.05) is 0 Å². The number of hydrogen-bond donors (Lipinski definition) is 0. The van der Waals surface area contributed by atoms with E-state index in [1.54, 1.807) is 10.6 Å². The van der Waals surface area contributed by atoms with Gasteiger partial charge >= 0.3 is 5.97 Å². The van der Waals surface area contributed by atoms with Gasteiger partial charge in [-0.2, -0.15) is 0 Å². The van der Waals surface area contributed by atoms with Crippen molar-refractivity contribution in [3.63, 3.8) is 0 Å². The van der Waals surface area contributed by atoms with Crippen LogP contribution in [0.15, 0.2) is 60.2 Å². The SMILES string of the molecule is Cc1ccc(-c2nc(COC(=O)c3cn4ccccc4n3)cs2)cc1. The number of hydrogen-bond acceptors (Lipinski definition) is 5. The molecule has 0 radical (unpaired) electrons. The van der Waals surface area contributed by atoms with Crippen molar-refractivity contribution in [3.8, 4) is 10.6 Å². The molecule has 0 N–H and O–H groups in total. The molecule has 0 fully saturated rings. The summed E-state index contributed by atoms with van der Waals surface area (Å²) in [5.41, 5.74) is 4.01. The van der Waals surface area contributed by atoms with E-state index in [0.717, 1.165) is 16.3 Å². The Morgan fingerprint density at radius 3 is 2.80 bits per heavy atom. The van der Waals surface area contributed by atoms with Crippen LogP contribution in [0.3, 0.4) is 0 Å². The number of aromatic nitrogens is 3. The van der Waals surface area contributed by atoms with Gasteiger partial charge in [0.2, 0.25) is 0 Å². The average molecular weight is 349 g/mol. The van der Waals surface area contributed by atoms with Gasteiger partial charge in [0.15, 0.2) is 5.69 Å². The quantitative estimate of drug-likeness (QED) is 0.520. The molecule has 0 amide bonds. The molecule has 0 saturated heterocycles. The topological polar surface area (TPSA) is 56.5 Å². The molecule has 0 spiro atoms. The van der Waals surface area contributed by atoms with E-state index in [4.69, 9.17) is 4.74 Å². The van der Waals surface area contributed by atoms with Gasteiger partial charge < -0.3 is 9.14 Å². The third-order valence-corrected chi connectivity index (χ3v) is 4.71. The number of aryl methyl sites for hydroxylation is 1. The normalized spacial score (nSPS) is 10.9. The minimum absolute atomic E-state index is 0.134. The maximum atomic E-state index is 12.2. The number of thiazole rings is 1. The maximum absolute atomic E-state index is 12.2. The van der Waals surface area contributed by atoms with Gasteiger partial charge in [-0.25, -0.2) is 14.8 Å². The summed E-state index contributed by atoms with van der Waals surface area (Å²) in [6.07, 6.45) is 3.50. The lowest BCUT2D eigenvalue weighted by molar-refractivity contribution is 0.0462. The first-order chi connectivity index (χ1) is 12.2. The van der Waals surface area contributed by atoms with Crippen LogP contribution in [-0.2, 0) is 11.3 Å². The van der Waals surface area contributed by atoms with Crippen LogP contribution < -0.4 is 0 Å². The maximum Gasteiger partial charge on any atom is 0.358 e. The minimum atomic E-state index is -0.450. The fourth-order valence-corrected chi connectivity index (χ4v) is 3.26. The zero-order valence-corrected chi connectivity index (χ0v) is 14.4. The summed E-state index contributed by atoms with van der Waals surface area (Å²) < 4.78 is 7.13. The van der Waals surface area contributed by atoms with Gasteiger partial charge in [-0.15, -0.1) is 11.3 Å². The van der Waals surface area contributed by atoms with Crippen molar-refractivity contribution in [1.29, 1.82) is 0 Å². The summed E-state index contributed by atoms with van der Waals surface area (Å²) in [4.78, 5) is 21.0. The molecular formula is C19H15N3O2S. The number of esters is 1. The molecule has 1 aromatic carbocycles. The first-order valence-electron chi connectivity index (χ1n) is 7.81. The Morgan fingerprint density at radius 1 is 1.16 bits per heavy atom. The third kappa shape index (κ3) is 3.29. The highest BCUT2D eigenvalue weighted by Crippen LogP contribution is 2.24. The van der Waals surface area contributed by atoms with Crippen LogP contribution in [0.5, 0.6) is 0 Å². The van der Waals surface area contributed by atoms with Crippen molar-refractivity contribution in [2.45, 2.75) is 13.5 Å². The molecule has 0 atom stereocenters. The fraction of sp³-hybridized carbons (Fsp3) is 0.105. The number of nitrogens with zero attached hydrogens (tertiary/aromatic N) is 3. The molecular weight excluding hydrogens is 334 g/mol. The summed E-state index contributed by atoms with van der Waals surface area (Å²) in [7, 11) is 0. The van der Waals surface area contributed by atoms with Crippen LogP contribution >= 0.6 is 11.3 Å². The number of benzene rings is 1. The highest BCUT2D eigenvalue weighted by atomic mass is 32.1. The van der Waals surface area contributed by atoms with E-state index in [9.17, 15) is 4.79 Å². The van der Waals surface area contributed by atoms with Gasteiger partial charge in [0.1, 0.15) is 17.3 Å². The third-order valence-electron chi connectivity index (χ3n) is 3.77. The second-order valence-corrected chi connectivity index (χ2v) is 6.54. The van der Waals surface area contributed by atoms with Crippen molar-refractivity contribution in [2.24, 2.45) is 0 Å². The Morgan fingerprint density at radius 2 is 2.00 bits per heavy atom. The zero-order chi connectivity index (χ0) is 17.2. The van der Waals surface area contributed by atoms with E-state index < -0.39 is 5.97 Å². The summed E-state index contributed by atoms with van der Waals surface area (Å²) in [6, 6.07) is 13.8. The number of imidazole rings is 1. The molecule has 0 aliphatic heterocycles. The Kier molecular flexibility index (Phi) is 4.03. The first-order valence-corrected chi connectivity index (χ1v) is 8.69. The predicted molar refractivity (Wildman–Crippen MR) is 96.6 cm³/mol. The van der Waals surface area contributed by atoms with Crippen molar-refractivity contribution < 1.29 is 9.53 Å². The van der Waals surface area contributed by atoms with Crippen molar-refractivity contribution in [3.05, 3.63) is 77.2 Å². The van der Waals surface area contributed by atoms with Gasteiger partial charge in [0, 0.05) is 23.3 Å². The monoisotopic (exact) mass is 349 g/mol. The van der Waals surface area contributed by atoms with E-state index in [1.165, 1.54) is 16.9 Å². The average Bonchev–Trinajstić information content (AvgIpc) is 3.27. The molecule has 5 nitrogen and oxygen atoms in total. The van der Waals surface area contributed by atoms with E-state index in [2.05, 4.69) is 29.0 Å². The Hall–Kier alpha value is -2.99. The molecule has 25 heavy (non-hydrogen) atoms. The number of ether oxygens (including phenoxy) is 1. The molecule has 4 aromatic rings. The number of carbonyl (C=O) groups is 1. The lowest BCUT2D eigenvalue weighted by Gasteiger charge is -2.00. The summed E-state index contributed by atoms with van der Waals surface area (Å²) >= 11 is 1.54. The molecule has 0 saturated carbocycles. The number of carbonyl (C=O) groups excluding carboxylic acids is 1. The van der Waals surface area contributed by atoms with E-state index >= 15 is 0 Å². The van der Waals surface area contributed by atoms with Crippen molar-refractivity contribution in [1.82, 2.24) is 14.4 Å². The van der Waals surface area contributed by atoms with Crippen LogP contribution in [0.2, 0.25) is 0 Å². The van der Waals surface area contributed by atoms with Gasteiger partial charge in [0.05, 0.1) is 5.69 Å². The molecule has 124 valence electrons. The largest absolute Gasteiger partial charge is 0.454 e. The van der Waals surface area contributed by atoms with E-state index in [1.807, 2.05) is 41.9 Å². The Labute approximate surface area is 148 Å². The molecule has 0 unspecified atom stereocenters. The molecule has 0 aliphatic carbocycles.